The molecule has 0 N–H and O–H groups in total. The smallest absolute Gasteiger partial charge is 0.414 e. The fraction of sp³-hybridized carbons (Fsp3) is 0.200. The first-order valence-corrected chi connectivity index (χ1v) is 2.15. The molecule has 0 aliphatic carbocycles. The molecule has 0 aromatic heterocycles. The molecule has 1 nitrogen and oxygen atoms in total. The standard InChI is InChI=1S/C3H3F3O.C2H2F2/c1-2-7-3(4,5)6;1-2(3)4/h2H,1H2;1H2. The number of hydrogen-bond acceptors (Lipinski definition) is 1. The Morgan fingerprint density at radius 1 is 1.27 bits per heavy atom. The van der Waals surface area contributed by atoms with Gasteiger partial charge in [0.15, 0.2) is 0 Å². The van der Waals surface area contributed by atoms with Gasteiger partial charge >= 0.3 is 6.36 Å². The molecule has 0 saturated heterocycles. The first kappa shape index (κ1) is 12.6. The minimum absolute atomic E-state index is 0.333. The summed E-state index contributed by atoms with van der Waals surface area (Å²) in [7, 11) is 0. The van der Waals surface area contributed by atoms with Crippen LogP contribution in [-0.4, -0.2) is 6.36 Å². The molecule has 0 rings (SSSR count). The second-order valence-corrected chi connectivity index (χ2v) is 1.07. The average Bonchev–Trinajstić information content (AvgIpc) is 1.58. The Hall–Kier alpha value is -1.07. The van der Waals surface area contributed by atoms with Gasteiger partial charge in [0.05, 0.1) is 6.26 Å². The Morgan fingerprint density at radius 2 is 1.55 bits per heavy atom. The number of hydrogen-bond donors (Lipinski definition) is 0. The molecule has 0 aliphatic rings. The van der Waals surface area contributed by atoms with Crippen LogP contribution in [0.2, 0.25) is 0 Å². The van der Waals surface area contributed by atoms with Crippen LogP contribution in [0.5, 0.6) is 0 Å². The van der Waals surface area contributed by atoms with Gasteiger partial charge in [-0.25, -0.2) is 0 Å². The lowest BCUT2D eigenvalue weighted by atomic mass is 11.1. The highest BCUT2D eigenvalue weighted by atomic mass is 19.4. The molecule has 11 heavy (non-hydrogen) atoms. The monoisotopic (exact) mass is 176 g/mol. The second-order valence-electron chi connectivity index (χ2n) is 1.07. The lowest BCUT2D eigenvalue weighted by Crippen LogP contribution is -2.07. The molecule has 6 heteroatoms. The highest BCUT2D eigenvalue weighted by Gasteiger charge is 2.28. The lowest BCUT2D eigenvalue weighted by molar-refractivity contribution is -0.297. The Balaban J connectivity index is 0. The highest BCUT2D eigenvalue weighted by Crippen LogP contribution is 2.15. The van der Waals surface area contributed by atoms with E-state index in [0.29, 0.717) is 6.26 Å². The van der Waals surface area contributed by atoms with Crippen molar-refractivity contribution >= 4 is 0 Å². The van der Waals surface area contributed by atoms with Crippen molar-refractivity contribution in [3.8, 4) is 0 Å². The van der Waals surface area contributed by atoms with Crippen LogP contribution in [0.25, 0.3) is 0 Å². The summed E-state index contributed by atoms with van der Waals surface area (Å²) in [5.74, 6) is 0. The zero-order chi connectivity index (χ0) is 9.49. The summed E-state index contributed by atoms with van der Waals surface area (Å²) in [4.78, 5) is 0. The molecule has 0 atom stereocenters. The van der Waals surface area contributed by atoms with E-state index in [0.717, 1.165) is 0 Å². The predicted molar refractivity (Wildman–Crippen MR) is 28.7 cm³/mol. The molecule has 0 bridgehead atoms. The molecule has 0 aromatic carbocycles. The molecule has 0 aromatic rings. The highest BCUT2D eigenvalue weighted by molar-refractivity contribution is 4.57. The lowest BCUT2D eigenvalue weighted by Gasteiger charge is -2.00. The minimum Gasteiger partial charge on any atom is -0.414 e. The van der Waals surface area contributed by atoms with E-state index in [-0.39, 0.29) is 0 Å². The molecule has 0 radical (unpaired) electrons. The Kier molecular flexibility index (Phi) is 6.52. The van der Waals surface area contributed by atoms with Gasteiger partial charge in [-0.15, -0.1) is 13.2 Å². The molecular weight excluding hydrogens is 171 g/mol. The maximum absolute atomic E-state index is 10.8. The Bertz CT molecular complexity index is 123. The van der Waals surface area contributed by atoms with Crippen molar-refractivity contribution in [3.05, 3.63) is 25.5 Å². The molecule has 0 fully saturated rings. The molecule has 0 spiro atoms. The maximum Gasteiger partial charge on any atom is 0.572 e. The summed E-state index contributed by atoms with van der Waals surface area (Å²) in [6.07, 6.45) is -6.07. The fourth-order valence-corrected chi connectivity index (χ4v) is 0.0945. The van der Waals surface area contributed by atoms with Crippen LogP contribution in [0.3, 0.4) is 0 Å². The van der Waals surface area contributed by atoms with Gasteiger partial charge in [0.1, 0.15) is 0 Å². The zero-order valence-electron chi connectivity index (χ0n) is 5.29. The first-order chi connectivity index (χ1) is 4.79. The third-order valence-corrected chi connectivity index (χ3v) is 0.217. The van der Waals surface area contributed by atoms with Gasteiger partial charge in [-0.2, -0.15) is 8.78 Å². The molecule has 0 saturated carbocycles. The largest absolute Gasteiger partial charge is 0.572 e. The summed E-state index contributed by atoms with van der Waals surface area (Å²) in [5, 5.41) is 0. The van der Waals surface area contributed by atoms with Crippen molar-refractivity contribution in [3.63, 3.8) is 0 Å². The van der Waals surface area contributed by atoms with Crippen LogP contribution in [0.15, 0.2) is 25.5 Å². The summed E-state index contributed by atoms with van der Waals surface area (Å²) in [5.41, 5.74) is 0. The first-order valence-electron chi connectivity index (χ1n) is 2.15. The zero-order valence-corrected chi connectivity index (χ0v) is 5.29. The van der Waals surface area contributed by atoms with E-state index >= 15 is 0 Å². The van der Waals surface area contributed by atoms with Gasteiger partial charge in [0.2, 0.25) is 0 Å². The normalized spacial score (nSPS) is 9.18. The van der Waals surface area contributed by atoms with Gasteiger partial charge in [-0.3, -0.25) is 0 Å². The number of alkyl halides is 3. The van der Waals surface area contributed by atoms with Crippen molar-refractivity contribution in [1.82, 2.24) is 0 Å². The molecule has 0 heterocycles. The van der Waals surface area contributed by atoms with Gasteiger partial charge in [0.25, 0.3) is 6.08 Å². The maximum atomic E-state index is 10.8. The SMILES string of the molecule is C=C(F)F.C=COC(F)(F)F. The summed E-state index contributed by atoms with van der Waals surface area (Å²) in [6.45, 7) is 4.93. The molecule has 0 aliphatic heterocycles. The van der Waals surface area contributed by atoms with Crippen molar-refractivity contribution in [2.45, 2.75) is 6.36 Å². The summed E-state index contributed by atoms with van der Waals surface area (Å²) < 4.78 is 55.6. The van der Waals surface area contributed by atoms with Crippen molar-refractivity contribution in [2.24, 2.45) is 0 Å². The van der Waals surface area contributed by atoms with Crippen LogP contribution >= 0.6 is 0 Å². The third kappa shape index (κ3) is 50.0. The quantitative estimate of drug-likeness (QED) is 0.440. The van der Waals surface area contributed by atoms with Crippen molar-refractivity contribution < 1.29 is 26.7 Å². The minimum atomic E-state index is -4.57. The topological polar surface area (TPSA) is 9.23 Å². The summed E-state index contributed by atoms with van der Waals surface area (Å²) in [6, 6.07) is 0. The van der Waals surface area contributed by atoms with Crippen LogP contribution < -0.4 is 0 Å². The van der Waals surface area contributed by atoms with Crippen LogP contribution in [0.4, 0.5) is 22.0 Å². The van der Waals surface area contributed by atoms with E-state index in [2.05, 4.69) is 17.9 Å². The van der Waals surface area contributed by atoms with Crippen molar-refractivity contribution in [1.29, 1.82) is 0 Å². The molecular formula is C5H5F5O. The van der Waals surface area contributed by atoms with Gasteiger partial charge in [-0.05, 0) is 6.58 Å². The average molecular weight is 176 g/mol. The van der Waals surface area contributed by atoms with Crippen molar-refractivity contribution in [2.75, 3.05) is 0 Å². The van der Waals surface area contributed by atoms with E-state index in [4.69, 9.17) is 0 Å². The van der Waals surface area contributed by atoms with Gasteiger partial charge in [-0.1, -0.05) is 6.58 Å². The van der Waals surface area contributed by atoms with E-state index < -0.39 is 12.4 Å². The second kappa shape index (κ2) is 5.70. The van der Waals surface area contributed by atoms with Gasteiger partial charge < -0.3 is 4.74 Å². The number of rotatable bonds is 1. The molecule has 66 valence electrons. The van der Waals surface area contributed by atoms with E-state index in [1.807, 2.05) is 0 Å². The predicted octanol–water partition coefficient (Wildman–Crippen LogP) is 3.06. The van der Waals surface area contributed by atoms with Crippen LogP contribution in [-0.2, 0) is 4.74 Å². The number of halogens is 5. The molecule has 0 amide bonds. The number of ether oxygens (including phenoxy) is 1. The van der Waals surface area contributed by atoms with E-state index in [1.54, 1.807) is 0 Å². The third-order valence-electron chi connectivity index (χ3n) is 0.217. The Labute approximate surface area is 59.8 Å². The van der Waals surface area contributed by atoms with Crippen LogP contribution in [0.1, 0.15) is 0 Å². The summed E-state index contributed by atoms with van der Waals surface area (Å²) >= 11 is 0. The van der Waals surface area contributed by atoms with Crippen LogP contribution in [0, 0.1) is 0 Å². The fourth-order valence-electron chi connectivity index (χ4n) is 0.0945. The molecule has 0 unspecified atom stereocenters. The van der Waals surface area contributed by atoms with E-state index in [9.17, 15) is 22.0 Å². The Morgan fingerprint density at radius 3 is 1.55 bits per heavy atom. The van der Waals surface area contributed by atoms with E-state index in [1.165, 1.54) is 0 Å². The van der Waals surface area contributed by atoms with Gasteiger partial charge in [0, 0.05) is 0 Å².